The van der Waals surface area contributed by atoms with Crippen molar-refractivity contribution in [1.29, 1.82) is 0 Å². The molecule has 2 aromatic carbocycles. The van der Waals surface area contributed by atoms with Crippen molar-refractivity contribution < 1.29 is 4.79 Å². The highest BCUT2D eigenvalue weighted by atomic mass is 35.5. The van der Waals surface area contributed by atoms with Gasteiger partial charge in [0.25, 0.3) is 0 Å². The van der Waals surface area contributed by atoms with E-state index in [0.717, 1.165) is 11.1 Å². The maximum absolute atomic E-state index is 12.2. The third-order valence-corrected chi connectivity index (χ3v) is 4.36. The molecule has 0 aromatic heterocycles. The lowest BCUT2D eigenvalue weighted by Gasteiger charge is -2.26. The molecule has 0 bridgehead atoms. The molecular weight excluding hydrogens is 393 g/mol. The predicted molar refractivity (Wildman–Crippen MR) is 113 cm³/mol. The van der Waals surface area contributed by atoms with E-state index < -0.39 is 0 Å². The average molecular weight is 419 g/mol. The summed E-state index contributed by atoms with van der Waals surface area (Å²) in [5.41, 5.74) is 8.06. The second kappa shape index (κ2) is 12.2. The first-order valence-corrected chi connectivity index (χ1v) is 8.35. The molecule has 0 radical (unpaired) electrons. The molecule has 0 spiro atoms. The lowest BCUT2D eigenvalue weighted by molar-refractivity contribution is -0.121. The number of carbonyl (C=O) groups excluding carboxylic acids is 1. The maximum atomic E-state index is 12.2. The number of hydrogen-bond acceptors (Lipinski definition) is 3. The minimum atomic E-state index is -0.302. The van der Waals surface area contributed by atoms with Gasteiger partial charge in [0, 0.05) is 24.0 Å². The molecule has 3 N–H and O–H groups in total. The summed E-state index contributed by atoms with van der Waals surface area (Å²) in [5.74, 6) is -0.0646. The van der Waals surface area contributed by atoms with Crippen LogP contribution in [0.4, 0.5) is 0 Å². The molecule has 0 aliphatic carbocycles. The Bertz CT molecular complexity index is 668. The molecule has 0 saturated carbocycles. The van der Waals surface area contributed by atoms with Gasteiger partial charge in [-0.25, -0.2) is 0 Å². The Balaban J connectivity index is 0.00000312. The molecule has 7 heteroatoms. The molecule has 1 amide bonds. The lowest BCUT2D eigenvalue weighted by Crippen LogP contribution is -2.35. The highest BCUT2D eigenvalue weighted by molar-refractivity contribution is 6.31. The largest absolute Gasteiger partial charge is 0.354 e. The molecule has 4 nitrogen and oxygen atoms in total. The van der Waals surface area contributed by atoms with Gasteiger partial charge in [0.05, 0.1) is 6.04 Å². The van der Waals surface area contributed by atoms with Crippen LogP contribution in [0.15, 0.2) is 54.6 Å². The third-order valence-electron chi connectivity index (χ3n) is 4.01. The number of nitrogens with two attached hydrogens (primary N) is 1. The van der Waals surface area contributed by atoms with E-state index >= 15 is 0 Å². The molecule has 2 aromatic rings. The fourth-order valence-electron chi connectivity index (χ4n) is 2.62. The van der Waals surface area contributed by atoms with Crippen molar-refractivity contribution in [1.82, 2.24) is 10.2 Å². The Kier molecular flexibility index (Phi) is 11.5. The summed E-state index contributed by atoms with van der Waals surface area (Å²) >= 11 is 6.28. The van der Waals surface area contributed by atoms with E-state index in [1.54, 1.807) is 0 Å². The smallest absolute Gasteiger partial charge is 0.221 e. The number of carbonyl (C=O) groups is 1. The van der Waals surface area contributed by atoms with E-state index in [2.05, 4.69) is 5.32 Å². The van der Waals surface area contributed by atoms with Gasteiger partial charge in [-0.3, -0.25) is 4.79 Å². The van der Waals surface area contributed by atoms with E-state index in [1.165, 1.54) is 0 Å². The standard InChI is InChI=1S/C19H24ClN3O.2ClH/c1-23(2)18(15-10-6-7-11-16(15)20)13-22-19(24)12-17(21)14-8-4-3-5-9-14;;/h3-11,17-18H,12-13,21H2,1-2H3,(H,22,24);2*1H. The van der Waals surface area contributed by atoms with Crippen molar-refractivity contribution >= 4 is 42.3 Å². The summed E-state index contributed by atoms with van der Waals surface area (Å²) in [4.78, 5) is 14.3. The number of hydrogen-bond donors (Lipinski definition) is 2. The molecule has 26 heavy (non-hydrogen) atoms. The highest BCUT2D eigenvalue weighted by Gasteiger charge is 2.18. The molecule has 2 unspecified atom stereocenters. The van der Waals surface area contributed by atoms with Gasteiger partial charge in [0.2, 0.25) is 5.91 Å². The van der Waals surface area contributed by atoms with Gasteiger partial charge in [0.15, 0.2) is 0 Å². The van der Waals surface area contributed by atoms with Crippen LogP contribution in [0.5, 0.6) is 0 Å². The van der Waals surface area contributed by atoms with Crippen LogP contribution in [0.25, 0.3) is 0 Å². The fraction of sp³-hybridized carbons (Fsp3) is 0.316. The van der Waals surface area contributed by atoms with E-state index in [0.29, 0.717) is 11.6 Å². The first-order valence-electron chi connectivity index (χ1n) is 7.97. The number of likely N-dealkylation sites (N-methyl/N-ethyl adjacent to an activating group) is 1. The minimum absolute atomic E-state index is 0. The normalized spacial score (nSPS) is 12.5. The SMILES string of the molecule is CN(C)C(CNC(=O)CC(N)c1ccccc1)c1ccccc1Cl.Cl.Cl. The molecule has 0 aliphatic rings. The number of rotatable bonds is 7. The van der Waals surface area contributed by atoms with Crippen molar-refractivity contribution in [2.24, 2.45) is 5.73 Å². The van der Waals surface area contributed by atoms with Crippen LogP contribution < -0.4 is 11.1 Å². The van der Waals surface area contributed by atoms with E-state index in [-0.39, 0.29) is 49.2 Å². The monoisotopic (exact) mass is 417 g/mol. The summed E-state index contributed by atoms with van der Waals surface area (Å²) in [6.07, 6.45) is 0.257. The van der Waals surface area contributed by atoms with Crippen molar-refractivity contribution in [3.05, 3.63) is 70.7 Å². The van der Waals surface area contributed by atoms with Crippen LogP contribution in [0.2, 0.25) is 5.02 Å². The van der Waals surface area contributed by atoms with E-state index in [9.17, 15) is 4.79 Å². The molecule has 2 atom stereocenters. The zero-order chi connectivity index (χ0) is 17.5. The van der Waals surface area contributed by atoms with Crippen LogP contribution in [-0.2, 0) is 4.79 Å². The van der Waals surface area contributed by atoms with Crippen LogP contribution in [0.1, 0.15) is 29.6 Å². The minimum Gasteiger partial charge on any atom is -0.354 e. The fourth-order valence-corrected chi connectivity index (χ4v) is 2.88. The summed E-state index contributed by atoms with van der Waals surface area (Å²) in [5, 5.41) is 3.67. The number of amides is 1. The van der Waals surface area contributed by atoms with Crippen molar-refractivity contribution in [2.75, 3.05) is 20.6 Å². The highest BCUT2D eigenvalue weighted by Crippen LogP contribution is 2.25. The number of halogens is 3. The first-order chi connectivity index (χ1) is 11.5. The van der Waals surface area contributed by atoms with E-state index in [4.69, 9.17) is 17.3 Å². The van der Waals surface area contributed by atoms with Gasteiger partial charge in [-0.15, -0.1) is 24.8 Å². The summed E-state index contributed by atoms with van der Waals surface area (Å²) in [6, 6.07) is 17.0. The molecule has 0 aliphatic heterocycles. The quantitative estimate of drug-likeness (QED) is 0.714. The average Bonchev–Trinajstić information content (AvgIpc) is 2.57. The van der Waals surface area contributed by atoms with Gasteiger partial charge in [-0.2, -0.15) is 0 Å². The lowest BCUT2D eigenvalue weighted by atomic mass is 10.0. The van der Waals surface area contributed by atoms with Crippen LogP contribution >= 0.6 is 36.4 Å². The zero-order valence-corrected chi connectivity index (χ0v) is 17.3. The van der Waals surface area contributed by atoms with Gasteiger partial charge in [-0.05, 0) is 31.3 Å². The topological polar surface area (TPSA) is 58.4 Å². The van der Waals surface area contributed by atoms with Gasteiger partial charge in [-0.1, -0.05) is 60.1 Å². The number of nitrogens with zero attached hydrogens (tertiary/aromatic N) is 1. The summed E-state index contributed by atoms with van der Waals surface area (Å²) in [6.45, 7) is 0.483. The zero-order valence-electron chi connectivity index (χ0n) is 14.9. The Hall–Kier alpha value is -1.30. The first kappa shape index (κ1) is 24.7. The van der Waals surface area contributed by atoms with Gasteiger partial charge < -0.3 is 16.0 Å². The third kappa shape index (κ3) is 7.14. The summed E-state index contributed by atoms with van der Waals surface area (Å²) in [7, 11) is 3.94. The number of benzene rings is 2. The van der Waals surface area contributed by atoms with Crippen LogP contribution in [-0.4, -0.2) is 31.4 Å². The Morgan fingerprint density at radius 1 is 1.08 bits per heavy atom. The molecule has 2 rings (SSSR count). The molecule has 144 valence electrons. The van der Waals surface area contributed by atoms with Crippen LogP contribution in [0, 0.1) is 0 Å². The molecule has 0 saturated heterocycles. The Morgan fingerprint density at radius 3 is 2.23 bits per heavy atom. The predicted octanol–water partition coefficient (Wildman–Crippen LogP) is 3.99. The maximum Gasteiger partial charge on any atom is 0.221 e. The molecule has 0 fully saturated rings. The van der Waals surface area contributed by atoms with Gasteiger partial charge in [0.1, 0.15) is 0 Å². The Morgan fingerprint density at radius 2 is 1.65 bits per heavy atom. The Labute approximate surface area is 172 Å². The van der Waals surface area contributed by atoms with Crippen molar-refractivity contribution in [2.45, 2.75) is 18.5 Å². The summed E-state index contributed by atoms with van der Waals surface area (Å²) < 4.78 is 0. The number of nitrogens with one attached hydrogen (secondary N) is 1. The molecule has 0 heterocycles. The van der Waals surface area contributed by atoms with Crippen LogP contribution in [0.3, 0.4) is 0 Å². The van der Waals surface area contributed by atoms with Crippen molar-refractivity contribution in [3.8, 4) is 0 Å². The van der Waals surface area contributed by atoms with Gasteiger partial charge >= 0.3 is 0 Å². The van der Waals surface area contributed by atoms with E-state index in [1.807, 2.05) is 73.6 Å². The second-order valence-electron chi connectivity index (χ2n) is 6.03. The molecular formula is C19H26Cl3N3O. The second-order valence-corrected chi connectivity index (χ2v) is 6.43. The van der Waals surface area contributed by atoms with Crippen molar-refractivity contribution in [3.63, 3.8) is 0 Å².